The first kappa shape index (κ1) is 64.2. The summed E-state index contributed by atoms with van der Waals surface area (Å²) in [7, 11) is 0. The molecule has 6 N–H and O–H groups in total. The summed E-state index contributed by atoms with van der Waals surface area (Å²) in [6.07, 6.45) is 52.1. The van der Waals surface area contributed by atoms with Gasteiger partial charge in [0.1, 0.15) is 24.4 Å². The average molecular weight is 955 g/mol. The van der Waals surface area contributed by atoms with Crippen molar-refractivity contribution in [2.24, 2.45) is 0 Å². The minimum absolute atomic E-state index is 0.133. The summed E-state index contributed by atoms with van der Waals surface area (Å²) in [6, 6.07) is -0.710. The van der Waals surface area contributed by atoms with Gasteiger partial charge in [-0.3, -0.25) is 4.79 Å². The summed E-state index contributed by atoms with van der Waals surface area (Å²) < 4.78 is 11.2. The Morgan fingerprint density at radius 2 is 0.746 bits per heavy atom. The normalized spacial score (nSPS) is 19.5. The van der Waals surface area contributed by atoms with Gasteiger partial charge in [-0.2, -0.15) is 0 Å². The molecule has 7 atom stereocenters. The fourth-order valence-electron chi connectivity index (χ4n) is 9.99. The lowest BCUT2D eigenvalue weighted by atomic mass is 9.99. The number of rotatable bonds is 52. The first-order valence-corrected chi connectivity index (χ1v) is 29.7. The number of hydrogen-bond acceptors (Lipinski definition) is 8. The summed E-state index contributed by atoms with van der Waals surface area (Å²) in [5.41, 5.74) is 0. The molecule has 0 aromatic heterocycles. The predicted octanol–water partition coefficient (Wildman–Crippen LogP) is 14.6. The molecule has 0 radical (unpaired) electrons. The molecule has 1 heterocycles. The molecular weight excluding hydrogens is 839 g/mol. The molecular formula is C58H115NO8. The first-order valence-electron chi connectivity index (χ1n) is 29.7. The Morgan fingerprint density at radius 1 is 0.448 bits per heavy atom. The van der Waals surface area contributed by atoms with Gasteiger partial charge < -0.3 is 40.3 Å². The lowest BCUT2D eigenvalue weighted by Crippen LogP contribution is -2.60. The molecule has 9 heteroatoms. The Balaban J connectivity index is 1.94. The molecule has 7 unspecified atom stereocenters. The lowest BCUT2D eigenvalue weighted by Gasteiger charge is -2.40. The van der Waals surface area contributed by atoms with E-state index in [0.29, 0.717) is 12.8 Å². The lowest BCUT2D eigenvalue weighted by molar-refractivity contribution is -0.302. The van der Waals surface area contributed by atoms with Crippen LogP contribution in [0.25, 0.3) is 0 Å². The zero-order valence-corrected chi connectivity index (χ0v) is 44.4. The van der Waals surface area contributed by atoms with Crippen LogP contribution in [0.5, 0.6) is 0 Å². The number of amides is 1. The molecule has 9 nitrogen and oxygen atoms in total. The number of hydrogen-bond donors (Lipinski definition) is 6. The van der Waals surface area contributed by atoms with Gasteiger partial charge in [0.25, 0.3) is 0 Å². The number of ether oxygens (including phenoxy) is 2. The largest absolute Gasteiger partial charge is 0.394 e. The topological polar surface area (TPSA) is 149 Å². The fourth-order valence-corrected chi connectivity index (χ4v) is 9.99. The minimum Gasteiger partial charge on any atom is -0.394 e. The van der Waals surface area contributed by atoms with Crippen LogP contribution in [0.1, 0.15) is 309 Å². The number of aliphatic hydroxyl groups is 5. The van der Waals surface area contributed by atoms with Gasteiger partial charge in [0.2, 0.25) is 5.91 Å². The van der Waals surface area contributed by atoms with Crippen LogP contribution in [0.2, 0.25) is 0 Å². The van der Waals surface area contributed by atoms with Crippen LogP contribution >= 0.6 is 0 Å². The molecule has 0 aromatic rings. The maximum atomic E-state index is 13.0. The van der Waals surface area contributed by atoms with Crippen molar-refractivity contribution in [3.63, 3.8) is 0 Å². The molecule has 0 aliphatic carbocycles. The van der Waals surface area contributed by atoms with Gasteiger partial charge in [-0.25, -0.2) is 0 Å². The molecule has 0 saturated carbocycles. The number of carbonyl (C=O) groups excluding carboxylic acids is 1. The third kappa shape index (κ3) is 38.5. The molecule has 400 valence electrons. The quantitative estimate of drug-likeness (QED) is 0.0330. The Morgan fingerprint density at radius 3 is 1.06 bits per heavy atom. The van der Waals surface area contributed by atoms with E-state index in [9.17, 15) is 30.3 Å². The van der Waals surface area contributed by atoms with E-state index in [4.69, 9.17) is 9.47 Å². The molecule has 1 rings (SSSR count). The molecule has 1 aliphatic heterocycles. The highest BCUT2D eigenvalue weighted by Crippen LogP contribution is 2.23. The van der Waals surface area contributed by atoms with E-state index in [1.165, 1.54) is 244 Å². The highest BCUT2D eigenvalue weighted by molar-refractivity contribution is 5.76. The summed E-state index contributed by atoms with van der Waals surface area (Å²) >= 11 is 0. The summed E-state index contributed by atoms with van der Waals surface area (Å²) in [5.74, 6) is -0.141. The van der Waals surface area contributed by atoms with Gasteiger partial charge in [-0.1, -0.05) is 290 Å². The molecule has 0 spiro atoms. The molecule has 0 aromatic carbocycles. The summed E-state index contributed by atoms with van der Waals surface area (Å²) in [5, 5.41) is 54.2. The standard InChI is InChI=1S/C58H115NO8/c1-3-5-7-9-11-12-13-14-15-16-17-18-19-20-21-22-23-24-25-26-27-28-29-30-31-32-33-34-35-36-37-38-39-40-42-44-46-48-54(62)59-51(52(61)47-45-43-41-10-8-6-4-2)50-66-58-57(65)56(64)55(63)53(49-60)67-58/h51-53,55-58,60-61,63-65H,3-50H2,1-2H3,(H,59,62). The van der Waals surface area contributed by atoms with E-state index < -0.39 is 49.5 Å². The Labute approximate surface area is 414 Å². The molecule has 1 aliphatic rings. The van der Waals surface area contributed by atoms with Crippen molar-refractivity contribution >= 4 is 5.91 Å². The van der Waals surface area contributed by atoms with Crippen molar-refractivity contribution in [3.8, 4) is 0 Å². The van der Waals surface area contributed by atoms with Gasteiger partial charge >= 0.3 is 0 Å². The molecule has 0 bridgehead atoms. The van der Waals surface area contributed by atoms with E-state index in [-0.39, 0.29) is 12.5 Å². The smallest absolute Gasteiger partial charge is 0.220 e. The SMILES string of the molecule is CCCCCCCCCCCCCCCCCCCCCCCCCCCCCCCCCCCCCCCC(=O)NC(COC1OC(CO)C(O)C(O)C1O)C(O)CCCCCCCCC. The monoisotopic (exact) mass is 954 g/mol. The molecule has 1 amide bonds. The van der Waals surface area contributed by atoms with Crippen LogP contribution < -0.4 is 5.32 Å². The highest BCUT2D eigenvalue weighted by atomic mass is 16.7. The fraction of sp³-hybridized carbons (Fsp3) is 0.983. The Kier molecular flexibility index (Phi) is 46.8. The maximum absolute atomic E-state index is 13.0. The van der Waals surface area contributed by atoms with E-state index >= 15 is 0 Å². The second-order valence-corrected chi connectivity index (χ2v) is 21.2. The van der Waals surface area contributed by atoms with Crippen molar-refractivity contribution < 1.29 is 39.8 Å². The number of nitrogens with one attached hydrogen (secondary N) is 1. The minimum atomic E-state index is -1.55. The summed E-state index contributed by atoms with van der Waals surface area (Å²) in [6.45, 7) is 3.82. The van der Waals surface area contributed by atoms with Crippen LogP contribution in [0, 0.1) is 0 Å². The van der Waals surface area contributed by atoms with Crippen molar-refractivity contribution in [2.75, 3.05) is 13.2 Å². The van der Waals surface area contributed by atoms with E-state index in [1.54, 1.807) is 0 Å². The van der Waals surface area contributed by atoms with Crippen LogP contribution in [0.4, 0.5) is 0 Å². The zero-order chi connectivity index (χ0) is 48.7. The Bertz CT molecular complexity index is 1020. The zero-order valence-electron chi connectivity index (χ0n) is 44.4. The van der Waals surface area contributed by atoms with Crippen LogP contribution in [-0.4, -0.2) is 87.5 Å². The van der Waals surface area contributed by atoms with Crippen molar-refractivity contribution in [3.05, 3.63) is 0 Å². The van der Waals surface area contributed by atoms with Crippen LogP contribution in [-0.2, 0) is 14.3 Å². The van der Waals surface area contributed by atoms with Crippen molar-refractivity contribution in [2.45, 2.75) is 352 Å². The summed E-state index contributed by atoms with van der Waals surface area (Å²) in [4.78, 5) is 13.0. The van der Waals surface area contributed by atoms with E-state index in [0.717, 1.165) is 38.5 Å². The van der Waals surface area contributed by atoms with Crippen LogP contribution in [0.15, 0.2) is 0 Å². The molecule has 1 saturated heterocycles. The van der Waals surface area contributed by atoms with Gasteiger partial charge in [0, 0.05) is 6.42 Å². The molecule has 67 heavy (non-hydrogen) atoms. The first-order chi connectivity index (χ1) is 32.8. The Hall–Kier alpha value is -0.810. The maximum Gasteiger partial charge on any atom is 0.220 e. The second kappa shape index (κ2) is 48.8. The van der Waals surface area contributed by atoms with Crippen molar-refractivity contribution in [1.82, 2.24) is 5.32 Å². The predicted molar refractivity (Wildman–Crippen MR) is 281 cm³/mol. The highest BCUT2D eigenvalue weighted by Gasteiger charge is 2.44. The van der Waals surface area contributed by atoms with Gasteiger partial charge in [-0.05, 0) is 12.8 Å². The third-order valence-corrected chi connectivity index (χ3v) is 14.7. The van der Waals surface area contributed by atoms with Gasteiger partial charge in [0.05, 0.1) is 25.4 Å². The van der Waals surface area contributed by atoms with Crippen LogP contribution in [0.3, 0.4) is 0 Å². The average Bonchev–Trinajstić information content (AvgIpc) is 3.33. The number of unbranched alkanes of at least 4 members (excludes halogenated alkanes) is 42. The second-order valence-electron chi connectivity index (χ2n) is 21.2. The van der Waals surface area contributed by atoms with Gasteiger partial charge in [0.15, 0.2) is 6.29 Å². The van der Waals surface area contributed by atoms with Crippen molar-refractivity contribution in [1.29, 1.82) is 0 Å². The molecule has 1 fully saturated rings. The van der Waals surface area contributed by atoms with Gasteiger partial charge in [-0.15, -0.1) is 0 Å². The van der Waals surface area contributed by atoms with E-state index in [1.807, 2.05) is 0 Å². The van der Waals surface area contributed by atoms with E-state index in [2.05, 4.69) is 19.2 Å². The third-order valence-electron chi connectivity index (χ3n) is 14.7. The number of carbonyl (C=O) groups is 1. The number of aliphatic hydroxyl groups excluding tert-OH is 5.